The van der Waals surface area contributed by atoms with Crippen molar-refractivity contribution in [2.45, 2.75) is 63.3 Å². The van der Waals surface area contributed by atoms with Gasteiger partial charge in [-0.2, -0.15) is 5.26 Å². The first-order valence-electron chi connectivity index (χ1n) is 16.0. The lowest BCUT2D eigenvalue weighted by Gasteiger charge is -2.43. The van der Waals surface area contributed by atoms with Crippen LogP contribution in [0.2, 0.25) is 5.02 Å². The Labute approximate surface area is 278 Å². The van der Waals surface area contributed by atoms with E-state index < -0.39 is 11.9 Å². The molecule has 1 aromatic heterocycles. The summed E-state index contributed by atoms with van der Waals surface area (Å²) in [5, 5.41) is 20.2. The Morgan fingerprint density at radius 1 is 1.00 bits per heavy atom. The number of nitrogens with two attached hydrogens (primary N) is 1. The van der Waals surface area contributed by atoms with Gasteiger partial charge >= 0.3 is 0 Å². The maximum atomic E-state index is 13.1. The van der Waals surface area contributed by atoms with Crippen LogP contribution in [0.4, 0.5) is 11.5 Å². The molecule has 3 aromatic rings. The standard InChI is InChI=1S/C34H37ClN8O4/c35-28-19-27(8-3-23(28)20-36)47-26-9-6-25(7-10-26)43(30-12-14-32(44)38-34(30)46)24-4-1-22(2-5-24)21-41-15-17-42(18-16-41)31-13-11-29(33(37)45)39-40-31/h1-5,8,11,13,19,25-26,30H,6-7,9-10,12,14-18,21H2,(H2,37,45)(H,38,44,46). The third-order valence-corrected chi connectivity index (χ3v) is 9.50. The molecule has 244 valence electrons. The predicted molar refractivity (Wildman–Crippen MR) is 176 cm³/mol. The highest BCUT2D eigenvalue weighted by Crippen LogP contribution is 2.34. The van der Waals surface area contributed by atoms with Crippen molar-refractivity contribution in [2.75, 3.05) is 36.0 Å². The van der Waals surface area contributed by atoms with Crippen LogP contribution in [0.3, 0.4) is 0 Å². The number of hydrogen-bond acceptors (Lipinski definition) is 10. The van der Waals surface area contributed by atoms with Gasteiger partial charge < -0.3 is 20.3 Å². The number of imide groups is 1. The van der Waals surface area contributed by atoms with Gasteiger partial charge in [-0.1, -0.05) is 23.7 Å². The smallest absolute Gasteiger partial charge is 0.269 e. The second-order valence-electron chi connectivity index (χ2n) is 12.2. The monoisotopic (exact) mass is 656 g/mol. The number of amides is 3. The molecule has 0 bridgehead atoms. The van der Waals surface area contributed by atoms with Gasteiger partial charge in [0.05, 0.1) is 16.7 Å². The van der Waals surface area contributed by atoms with Crippen molar-refractivity contribution in [3.63, 3.8) is 0 Å². The average molecular weight is 657 g/mol. The van der Waals surface area contributed by atoms with Gasteiger partial charge in [0.25, 0.3) is 5.91 Å². The Hall–Kier alpha value is -4.73. The van der Waals surface area contributed by atoms with Crippen molar-refractivity contribution in [1.82, 2.24) is 20.4 Å². The normalized spacial score (nSPS) is 21.9. The molecule has 2 aromatic carbocycles. The fraction of sp³-hybridized carbons (Fsp3) is 0.412. The number of rotatable bonds is 9. The SMILES string of the molecule is N#Cc1ccc(OC2CCC(N(c3ccc(CN4CCN(c5ccc(C(N)=O)nn5)CC4)cc3)C3CCC(=O)NC3=O)CC2)cc1Cl. The quantitative estimate of drug-likeness (QED) is 0.327. The molecule has 0 spiro atoms. The molecule has 12 nitrogen and oxygen atoms in total. The zero-order valence-electron chi connectivity index (χ0n) is 26.0. The number of ether oxygens (including phenoxy) is 1. The minimum absolute atomic E-state index is 0.00301. The van der Waals surface area contributed by atoms with Crippen LogP contribution < -0.4 is 25.6 Å². The first-order valence-corrected chi connectivity index (χ1v) is 16.3. The summed E-state index contributed by atoms with van der Waals surface area (Å²) in [5.74, 6) is 0.303. The molecule has 3 N–H and O–H groups in total. The van der Waals surface area contributed by atoms with E-state index in [2.05, 4.69) is 60.5 Å². The Morgan fingerprint density at radius 3 is 2.36 bits per heavy atom. The summed E-state index contributed by atoms with van der Waals surface area (Å²) >= 11 is 6.20. The number of benzene rings is 2. The lowest BCUT2D eigenvalue weighted by Crippen LogP contribution is -2.56. The second-order valence-corrected chi connectivity index (χ2v) is 12.7. The van der Waals surface area contributed by atoms with Crippen molar-refractivity contribution >= 4 is 40.8 Å². The van der Waals surface area contributed by atoms with Crippen LogP contribution in [0.15, 0.2) is 54.6 Å². The number of piperidine rings is 1. The Balaban J connectivity index is 1.08. The maximum Gasteiger partial charge on any atom is 0.269 e. The van der Waals surface area contributed by atoms with Gasteiger partial charge in [-0.3, -0.25) is 24.6 Å². The highest BCUT2D eigenvalue weighted by molar-refractivity contribution is 6.31. The topological polar surface area (TPSA) is 158 Å². The maximum absolute atomic E-state index is 13.1. The number of primary amides is 1. The van der Waals surface area contributed by atoms with E-state index in [4.69, 9.17) is 27.3 Å². The minimum Gasteiger partial charge on any atom is -0.490 e. The molecule has 3 aliphatic rings. The number of nitrogens with one attached hydrogen (secondary N) is 1. The third kappa shape index (κ3) is 7.64. The van der Waals surface area contributed by atoms with Crippen LogP contribution in [0.1, 0.15) is 60.1 Å². The molecule has 1 aliphatic carbocycles. The molecule has 47 heavy (non-hydrogen) atoms. The molecule has 6 rings (SSSR count). The van der Waals surface area contributed by atoms with E-state index in [1.807, 2.05) is 0 Å². The summed E-state index contributed by atoms with van der Waals surface area (Å²) in [5.41, 5.74) is 7.98. The van der Waals surface area contributed by atoms with Crippen LogP contribution in [-0.4, -0.2) is 77.2 Å². The number of nitriles is 1. The van der Waals surface area contributed by atoms with Crippen molar-refractivity contribution < 1.29 is 19.1 Å². The van der Waals surface area contributed by atoms with Crippen molar-refractivity contribution in [2.24, 2.45) is 5.73 Å². The van der Waals surface area contributed by atoms with Crippen LogP contribution in [0, 0.1) is 11.3 Å². The second kappa shape index (κ2) is 14.4. The molecule has 2 aliphatic heterocycles. The number of carbonyl (C=O) groups excluding carboxylic acids is 3. The van der Waals surface area contributed by atoms with Crippen LogP contribution >= 0.6 is 11.6 Å². The van der Waals surface area contributed by atoms with Gasteiger partial charge in [-0.25, -0.2) is 0 Å². The molecule has 1 atom stereocenters. The molecule has 3 amide bonds. The summed E-state index contributed by atoms with van der Waals surface area (Å²) in [7, 11) is 0. The number of halogens is 1. The first-order chi connectivity index (χ1) is 22.8. The summed E-state index contributed by atoms with van der Waals surface area (Å²) in [6.07, 6.45) is 4.06. The molecular formula is C34H37ClN8O4. The van der Waals surface area contributed by atoms with E-state index in [0.717, 1.165) is 69.9 Å². The highest BCUT2D eigenvalue weighted by atomic mass is 35.5. The van der Waals surface area contributed by atoms with E-state index in [-0.39, 0.29) is 29.7 Å². The Morgan fingerprint density at radius 2 is 1.74 bits per heavy atom. The van der Waals surface area contributed by atoms with E-state index in [0.29, 0.717) is 29.2 Å². The Kier molecular flexibility index (Phi) is 9.84. The summed E-state index contributed by atoms with van der Waals surface area (Å²) in [6.45, 7) is 4.07. The Bertz CT molecular complexity index is 1650. The molecule has 1 unspecified atom stereocenters. The molecule has 2 saturated heterocycles. The zero-order chi connectivity index (χ0) is 32.9. The molecule has 1 saturated carbocycles. The van der Waals surface area contributed by atoms with E-state index in [9.17, 15) is 14.4 Å². The number of piperazine rings is 1. The van der Waals surface area contributed by atoms with Crippen molar-refractivity contribution in [3.05, 3.63) is 76.4 Å². The van der Waals surface area contributed by atoms with Gasteiger partial charge in [-0.15, -0.1) is 10.2 Å². The van der Waals surface area contributed by atoms with Crippen molar-refractivity contribution in [3.8, 4) is 11.8 Å². The fourth-order valence-corrected chi connectivity index (χ4v) is 6.89. The van der Waals surface area contributed by atoms with Gasteiger partial charge in [-0.05, 0) is 74.1 Å². The van der Waals surface area contributed by atoms with E-state index in [1.54, 1.807) is 30.3 Å². The fourth-order valence-electron chi connectivity index (χ4n) is 6.68. The third-order valence-electron chi connectivity index (χ3n) is 9.19. The lowest BCUT2D eigenvalue weighted by molar-refractivity contribution is -0.134. The summed E-state index contributed by atoms with van der Waals surface area (Å²) < 4.78 is 6.22. The predicted octanol–water partition coefficient (Wildman–Crippen LogP) is 3.42. The van der Waals surface area contributed by atoms with Crippen LogP contribution in [0.25, 0.3) is 0 Å². The molecule has 0 radical (unpaired) electrons. The molecule has 13 heteroatoms. The lowest BCUT2D eigenvalue weighted by atomic mass is 9.89. The van der Waals surface area contributed by atoms with Crippen molar-refractivity contribution in [1.29, 1.82) is 5.26 Å². The first kappa shape index (κ1) is 32.2. The largest absolute Gasteiger partial charge is 0.490 e. The van der Waals surface area contributed by atoms with E-state index in [1.165, 1.54) is 5.56 Å². The number of anilines is 2. The number of nitrogens with zero attached hydrogens (tertiary/aromatic N) is 6. The molecule has 3 heterocycles. The molecular weight excluding hydrogens is 620 g/mol. The van der Waals surface area contributed by atoms with Gasteiger partial charge in [0.15, 0.2) is 11.5 Å². The van der Waals surface area contributed by atoms with Crippen LogP contribution in [0.5, 0.6) is 5.75 Å². The summed E-state index contributed by atoms with van der Waals surface area (Å²) in [4.78, 5) is 43.1. The minimum atomic E-state index is -0.593. The molecule has 3 fully saturated rings. The number of aromatic nitrogens is 2. The van der Waals surface area contributed by atoms with Gasteiger partial charge in [0.1, 0.15) is 17.9 Å². The van der Waals surface area contributed by atoms with E-state index >= 15 is 0 Å². The van der Waals surface area contributed by atoms with Gasteiger partial charge in [0.2, 0.25) is 11.8 Å². The number of hydrogen-bond donors (Lipinski definition) is 2. The highest BCUT2D eigenvalue weighted by Gasteiger charge is 2.37. The van der Waals surface area contributed by atoms with Crippen LogP contribution in [-0.2, 0) is 16.1 Å². The van der Waals surface area contributed by atoms with Gasteiger partial charge in [0, 0.05) is 56.9 Å². The number of carbonyl (C=O) groups is 3. The zero-order valence-corrected chi connectivity index (χ0v) is 26.7. The summed E-state index contributed by atoms with van der Waals surface area (Å²) in [6, 6.07) is 18.7. The average Bonchev–Trinajstić information content (AvgIpc) is 3.08.